The van der Waals surface area contributed by atoms with Gasteiger partial charge in [0.1, 0.15) is 0 Å². The van der Waals surface area contributed by atoms with Crippen LogP contribution in [0.5, 0.6) is 0 Å². The summed E-state index contributed by atoms with van der Waals surface area (Å²) in [6, 6.07) is 6.44. The third-order valence-electron chi connectivity index (χ3n) is 3.14. The standard InChI is InChI=1S/C18H21NO6S/c1-5-25-18(22)12-13(2)19(14(3)20)15-8-6-7-9-16(15)26(23)11-10-17(21)24-4/h6-11H,2,5,12H2,1,3-4H3/b11-10+. The molecule has 0 aromatic heterocycles. The predicted molar refractivity (Wildman–Crippen MR) is 97.6 cm³/mol. The van der Waals surface area contributed by atoms with Crippen molar-refractivity contribution in [3.63, 3.8) is 0 Å². The fraction of sp³-hybridized carbons (Fsp3) is 0.278. The monoisotopic (exact) mass is 379 g/mol. The van der Waals surface area contributed by atoms with Crippen molar-refractivity contribution in [3.05, 3.63) is 48.0 Å². The highest BCUT2D eigenvalue weighted by Gasteiger charge is 2.22. The van der Waals surface area contributed by atoms with Crippen molar-refractivity contribution in [2.75, 3.05) is 18.6 Å². The van der Waals surface area contributed by atoms with E-state index < -0.39 is 28.6 Å². The van der Waals surface area contributed by atoms with Crippen LogP contribution < -0.4 is 4.90 Å². The van der Waals surface area contributed by atoms with Gasteiger partial charge in [0.25, 0.3) is 0 Å². The smallest absolute Gasteiger partial charge is 0.331 e. The zero-order valence-corrected chi connectivity index (χ0v) is 15.7. The Hall–Kier alpha value is -2.74. The Labute approximate surface area is 154 Å². The molecule has 0 spiro atoms. The van der Waals surface area contributed by atoms with Crippen LogP contribution in [0.1, 0.15) is 20.3 Å². The second-order valence-corrected chi connectivity index (χ2v) is 6.30. The van der Waals surface area contributed by atoms with Crippen LogP contribution in [0.2, 0.25) is 0 Å². The molecule has 0 bridgehead atoms. The number of benzene rings is 1. The highest BCUT2D eigenvalue weighted by molar-refractivity contribution is 7.88. The number of anilines is 1. The van der Waals surface area contributed by atoms with Gasteiger partial charge in [0, 0.05) is 24.1 Å². The number of para-hydroxylation sites is 1. The number of methoxy groups -OCH3 is 1. The second kappa shape index (κ2) is 10.3. The van der Waals surface area contributed by atoms with Gasteiger partial charge in [-0.15, -0.1) is 0 Å². The number of carbonyl (C=O) groups excluding carboxylic acids is 3. The highest BCUT2D eigenvalue weighted by atomic mass is 32.2. The fourth-order valence-corrected chi connectivity index (χ4v) is 3.05. The molecule has 1 aromatic carbocycles. The Balaban J connectivity index is 3.21. The van der Waals surface area contributed by atoms with Gasteiger partial charge in [-0.3, -0.25) is 14.5 Å². The molecule has 0 saturated carbocycles. The zero-order valence-electron chi connectivity index (χ0n) is 14.9. The van der Waals surface area contributed by atoms with Crippen LogP contribution in [-0.4, -0.2) is 35.8 Å². The highest BCUT2D eigenvalue weighted by Crippen LogP contribution is 2.28. The Bertz CT molecular complexity index is 756. The number of esters is 2. The molecule has 1 rings (SSSR count). The van der Waals surface area contributed by atoms with Gasteiger partial charge in [-0.1, -0.05) is 18.7 Å². The lowest BCUT2D eigenvalue weighted by Crippen LogP contribution is -2.29. The third-order valence-corrected chi connectivity index (χ3v) is 4.30. The summed E-state index contributed by atoms with van der Waals surface area (Å²) >= 11 is 0. The van der Waals surface area contributed by atoms with Gasteiger partial charge in [0.05, 0.1) is 41.5 Å². The molecular weight excluding hydrogens is 358 g/mol. The largest absolute Gasteiger partial charge is 0.466 e. The third kappa shape index (κ3) is 5.96. The van der Waals surface area contributed by atoms with E-state index in [1.165, 1.54) is 18.9 Å². The van der Waals surface area contributed by atoms with E-state index in [9.17, 15) is 18.6 Å². The number of hydrogen-bond acceptors (Lipinski definition) is 6. The second-order valence-electron chi connectivity index (χ2n) is 4.99. The first-order valence-corrected chi connectivity index (χ1v) is 8.92. The molecule has 7 nitrogen and oxygen atoms in total. The molecule has 0 aliphatic carbocycles. The topological polar surface area (TPSA) is 90.0 Å². The number of carbonyl (C=O) groups is 3. The van der Waals surface area contributed by atoms with E-state index in [2.05, 4.69) is 11.3 Å². The van der Waals surface area contributed by atoms with Gasteiger partial charge < -0.3 is 9.47 Å². The van der Waals surface area contributed by atoms with E-state index >= 15 is 0 Å². The summed E-state index contributed by atoms with van der Waals surface area (Å²) in [6.45, 7) is 6.97. The van der Waals surface area contributed by atoms with Crippen LogP contribution in [0.3, 0.4) is 0 Å². The number of rotatable bonds is 8. The van der Waals surface area contributed by atoms with Gasteiger partial charge in [-0.2, -0.15) is 0 Å². The Morgan fingerprint density at radius 2 is 1.92 bits per heavy atom. The molecule has 140 valence electrons. The van der Waals surface area contributed by atoms with Crippen LogP contribution in [-0.2, 0) is 34.7 Å². The van der Waals surface area contributed by atoms with Crippen LogP contribution in [0.4, 0.5) is 5.69 Å². The van der Waals surface area contributed by atoms with E-state index in [4.69, 9.17) is 4.74 Å². The minimum atomic E-state index is -1.72. The molecular formula is C18H21NO6S. The van der Waals surface area contributed by atoms with Crippen molar-refractivity contribution in [2.24, 2.45) is 0 Å². The number of nitrogens with zero attached hydrogens (tertiary/aromatic N) is 1. The number of amides is 1. The average Bonchev–Trinajstić information content (AvgIpc) is 2.59. The van der Waals surface area contributed by atoms with Crippen molar-refractivity contribution in [1.29, 1.82) is 0 Å². The molecule has 0 radical (unpaired) electrons. The lowest BCUT2D eigenvalue weighted by Gasteiger charge is -2.25. The Morgan fingerprint density at radius 1 is 1.27 bits per heavy atom. The summed E-state index contributed by atoms with van der Waals surface area (Å²) in [4.78, 5) is 36.5. The molecule has 8 heteroatoms. The van der Waals surface area contributed by atoms with E-state index in [-0.39, 0.29) is 23.6 Å². The van der Waals surface area contributed by atoms with Crippen molar-refractivity contribution in [1.82, 2.24) is 0 Å². The normalized spacial score (nSPS) is 11.7. The Morgan fingerprint density at radius 3 is 2.50 bits per heavy atom. The lowest BCUT2D eigenvalue weighted by molar-refractivity contribution is -0.142. The van der Waals surface area contributed by atoms with E-state index in [0.29, 0.717) is 5.69 Å². The van der Waals surface area contributed by atoms with Crippen LogP contribution in [0, 0.1) is 0 Å². The molecule has 1 atom stereocenters. The average molecular weight is 379 g/mol. The summed E-state index contributed by atoms with van der Waals surface area (Å²) < 4.78 is 21.9. The van der Waals surface area contributed by atoms with Gasteiger partial charge in [0.15, 0.2) is 0 Å². The molecule has 1 unspecified atom stereocenters. The maximum atomic E-state index is 12.5. The van der Waals surface area contributed by atoms with Crippen molar-refractivity contribution >= 4 is 34.3 Å². The van der Waals surface area contributed by atoms with Crippen LogP contribution >= 0.6 is 0 Å². The summed E-state index contributed by atoms with van der Waals surface area (Å²) in [5.41, 5.74) is 0.500. The summed E-state index contributed by atoms with van der Waals surface area (Å²) in [7, 11) is -0.511. The van der Waals surface area contributed by atoms with Gasteiger partial charge in [-0.05, 0) is 19.1 Å². The minimum absolute atomic E-state index is 0.188. The summed E-state index contributed by atoms with van der Waals surface area (Å²) in [5.74, 6) is -1.57. The molecule has 0 fully saturated rings. The van der Waals surface area contributed by atoms with Crippen molar-refractivity contribution in [2.45, 2.75) is 25.2 Å². The SMILES string of the molecule is C=C(CC(=O)OCC)N(C(C)=O)c1ccccc1S(=O)/C=C/C(=O)OC. The van der Waals surface area contributed by atoms with E-state index in [1.54, 1.807) is 31.2 Å². The molecule has 0 N–H and O–H groups in total. The Kier molecular flexibility index (Phi) is 8.44. The maximum Gasteiger partial charge on any atom is 0.331 e. The molecule has 1 aromatic rings. The first-order chi connectivity index (χ1) is 12.3. The maximum absolute atomic E-state index is 12.5. The van der Waals surface area contributed by atoms with Crippen LogP contribution in [0.15, 0.2) is 52.9 Å². The zero-order chi connectivity index (χ0) is 19.7. The molecule has 26 heavy (non-hydrogen) atoms. The first-order valence-electron chi connectivity index (χ1n) is 7.71. The molecule has 1 amide bonds. The van der Waals surface area contributed by atoms with Crippen molar-refractivity contribution < 1.29 is 28.1 Å². The molecule has 0 saturated heterocycles. The van der Waals surface area contributed by atoms with Crippen molar-refractivity contribution in [3.8, 4) is 0 Å². The first kappa shape index (κ1) is 21.3. The van der Waals surface area contributed by atoms with E-state index in [1.807, 2.05) is 0 Å². The molecule has 0 aliphatic heterocycles. The van der Waals surface area contributed by atoms with Gasteiger partial charge >= 0.3 is 11.9 Å². The van der Waals surface area contributed by atoms with Gasteiger partial charge in [-0.25, -0.2) is 9.00 Å². The lowest BCUT2D eigenvalue weighted by atomic mass is 10.2. The van der Waals surface area contributed by atoms with E-state index in [0.717, 1.165) is 11.5 Å². The van der Waals surface area contributed by atoms with Crippen LogP contribution in [0.25, 0.3) is 0 Å². The molecule has 0 aliphatic rings. The van der Waals surface area contributed by atoms with Gasteiger partial charge in [0.2, 0.25) is 5.91 Å². The number of ether oxygens (including phenoxy) is 2. The summed E-state index contributed by atoms with van der Waals surface area (Å²) in [6.07, 6.45) is 0.852. The number of hydrogen-bond donors (Lipinski definition) is 0. The fourth-order valence-electron chi connectivity index (χ4n) is 2.09. The summed E-state index contributed by atoms with van der Waals surface area (Å²) in [5, 5.41) is 1.16. The molecule has 0 heterocycles. The predicted octanol–water partition coefficient (Wildman–Crippen LogP) is 2.30. The minimum Gasteiger partial charge on any atom is -0.466 e. The quantitative estimate of drug-likeness (QED) is 0.509.